The van der Waals surface area contributed by atoms with Crippen LogP contribution in [0, 0.1) is 0 Å². The summed E-state index contributed by atoms with van der Waals surface area (Å²) < 4.78 is 0. The van der Waals surface area contributed by atoms with Crippen molar-refractivity contribution in [2.75, 3.05) is 32.1 Å². The van der Waals surface area contributed by atoms with Gasteiger partial charge in [-0.3, -0.25) is 4.79 Å². The minimum atomic E-state index is -1.14. The Morgan fingerprint density at radius 1 is 1.40 bits per heavy atom. The summed E-state index contributed by atoms with van der Waals surface area (Å²) in [6.45, 7) is 3.41. The number of anilines is 1. The molecule has 0 atom stereocenters. The third-order valence-corrected chi connectivity index (χ3v) is 4.92. The molecule has 7 heteroatoms. The fourth-order valence-corrected chi connectivity index (χ4v) is 3.37. The zero-order chi connectivity index (χ0) is 14.9. The Hall–Kier alpha value is -1.47. The van der Waals surface area contributed by atoms with Crippen molar-refractivity contribution < 1.29 is 14.7 Å². The van der Waals surface area contributed by atoms with Crippen LogP contribution in [0.5, 0.6) is 0 Å². The van der Waals surface area contributed by atoms with Crippen molar-refractivity contribution in [3.8, 4) is 0 Å². The molecular weight excluding hydrogens is 278 g/mol. The maximum atomic E-state index is 11.5. The summed E-state index contributed by atoms with van der Waals surface area (Å²) in [6, 6.07) is 0.346. The first-order valence-corrected chi connectivity index (χ1v) is 7.38. The number of thiazole rings is 1. The lowest BCUT2D eigenvalue weighted by Gasteiger charge is -2.34. The molecular formula is C13H19N3O3S. The molecule has 0 amide bonds. The molecule has 2 rings (SSSR count). The molecule has 1 fully saturated rings. The van der Waals surface area contributed by atoms with Crippen molar-refractivity contribution in [3.63, 3.8) is 0 Å². The number of rotatable bonds is 4. The van der Waals surface area contributed by atoms with E-state index in [1.54, 1.807) is 0 Å². The van der Waals surface area contributed by atoms with Crippen molar-refractivity contribution in [3.05, 3.63) is 10.6 Å². The number of ketones is 1. The standard InChI is InChI=1S/C13H19N3O3S/c1-8(17)11-10(12(18)19)14-13(20-11)16(3)9-4-6-15(2)7-5-9/h9H,4-7H2,1-3H3,(H,18,19). The van der Waals surface area contributed by atoms with Crippen molar-refractivity contribution in [2.24, 2.45) is 0 Å². The molecule has 110 valence electrons. The number of aromatic nitrogens is 1. The second-order valence-corrected chi connectivity index (χ2v) is 6.16. The normalized spacial score (nSPS) is 17.1. The van der Waals surface area contributed by atoms with E-state index in [0.29, 0.717) is 11.2 Å². The van der Waals surface area contributed by atoms with Gasteiger partial charge in [-0.1, -0.05) is 11.3 Å². The van der Waals surface area contributed by atoms with E-state index < -0.39 is 5.97 Å². The first kappa shape index (κ1) is 14.9. The molecule has 0 aliphatic carbocycles. The van der Waals surface area contributed by atoms with Crippen LogP contribution in [0.4, 0.5) is 5.13 Å². The van der Waals surface area contributed by atoms with E-state index in [4.69, 9.17) is 5.11 Å². The Balaban J connectivity index is 2.22. The lowest BCUT2D eigenvalue weighted by atomic mass is 10.0. The van der Waals surface area contributed by atoms with Gasteiger partial charge in [0.15, 0.2) is 16.6 Å². The number of carboxylic acids is 1. The molecule has 1 aromatic rings. The van der Waals surface area contributed by atoms with Crippen LogP contribution in [-0.4, -0.2) is 60.0 Å². The number of Topliss-reactive ketones (excluding diaryl/α,β-unsaturated/α-hetero) is 1. The number of carboxylic acid groups (broad SMARTS) is 1. The quantitative estimate of drug-likeness (QED) is 0.851. The summed E-state index contributed by atoms with van der Waals surface area (Å²) in [6.07, 6.45) is 2.04. The van der Waals surface area contributed by atoms with Crippen molar-refractivity contribution in [1.29, 1.82) is 0 Å². The number of nitrogens with zero attached hydrogens (tertiary/aromatic N) is 3. The molecule has 0 aromatic carbocycles. The summed E-state index contributed by atoms with van der Waals surface area (Å²) in [5, 5.41) is 9.73. The molecule has 6 nitrogen and oxygen atoms in total. The van der Waals surface area contributed by atoms with Crippen LogP contribution in [0.1, 0.15) is 39.9 Å². The first-order chi connectivity index (χ1) is 9.40. The number of carbonyl (C=O) groups excluding carboxylic acids is 1. The van der Waals surface area contributed by atoms with Crippen molar-refractivity contribution in [1.82, 2.24) is 9.88 Å². The van der Waals surface area contributed by atoms with E-state index in [2.05, 4.69) is 16.9 Å². The van der Waals surface area contributed by atoms with Gasteiger partial charge in [-0.05, 0) is 33.0 Å². The molecule has 20 heavy (non-hydrogen) atoms. The molecule has 0 radical (unpaired) electrons. The summed E-state index contributed by atoms with van der Waals surface area (Å²) in [7, 11) is 4.01. The topological polar surface area (TPSA) is 73.7 Å². The largest absolute Gasteiger partial charge is 0.476 e. The Bertz CT molecular complexity index is 489. The van der Waals surface area contributed by atoms with E-state index in [9.17, 15) is 9.59 Å². The van der Waals surface area contributed by atoms with Gasteiger partial charge in [-0.2, -0.15) is 0 Å². The lowest BCUT2D eigenvalue weighted by Crippen LogP contribution is -2.41. The summed E-state index contributed by atoms with van der Waals surface area (Å²) >= 11 is 1.17. The molecule has 0 spiro atoms. The molecule has 1 aliphatic rings. The zero-order valence-corrected chi connectivity index (χ0v) is 12.7. The molecule has 1 saturated heterocycles. The van der Waals surface area contributed by atoms with Crippen LogP contribution in [0.3, 0.4) is 0 Å². The SMILES string of the molecule is CC(=O)c1sc(N(C)C2CCN(C)CC2)nc1C(=O)O. The van der Waals surface area contributed by atoms with Gasteiger partial charge in [0.1, 0.15) is 4.88 Å². The second-order valence-electron chi connectivity index (χ2n) is 5.18. The van der Waals surface area contributed by atoms with Gasteiger partial charge in [-0.25, -0.2) is 9.78 Å². The average Bonchev–Trinajstić information content (AvgIpc) is 2.84. The molecule has 1 N–H and O–H groups in total. The van der Waals surface area contributed by atoms with Crippen molar-refractivity contribution in [2.45, 2.75) is 25.8 Å². The number of piperidine rings is 1. The summed E-state index contributed by atoms with van der Waals surface area (Å²) in [4.78, 5) is 31.3. The van der Waals surface area contributed by atoms with Crippen LogP contribution in [0.2, 0.25) is 0 Å². The molecule has 0 bridgehead atoms. The van der Waals surface area contributed by atoms with Gasteiger partial charge in [0, 0.05) is 20.0 Å². The molecule has 1 aliphatic heterocycles. The van der Waals surface area contributed by atoms with Crippen LogP contribution >= 0.6 is 11.3 Å². The Morgan fingerprint density at radius 2 is 2.00 bits per heavy atom. The first-order valence-electron chi connectivity index (χ1n) is 6.56. The van der Waals surface area contributed by atoms with Crippen molar-refractivity contribution >= 4 is 28.2 Å². The Kier molecular flexibility index (Phi) is 4.39. The summed E-state index contributed by atoms with van der Waals surface area (Å²) in [5.74, 6) is -1.39. The maximum absolute atomic E-state index is 11.5. The van der Waals surface area contributed by atoms with Gasteiger partial charge in [0.2, 0.25) is 0 Å². The lowest BCUT2D eigenvalue weighted by molar-refractivity contribution is 0.0687. The highest BCUT2D eigenvalue weighted by molar-refractivity contribution is 7.17. The monoisotopic (exact) mass is 297 g/mol. The van der Waals surface area contributed by atoms with E-state index in [0.717, 1.165) is 25.9 Å². The van der Waals surface area contributed by atoms with Gasteiger partial charge >= 0.3 is 5.97 Å². The Labute approximate surface area is 122 Å². The second kappa shape index (κ2) is 5.88. The van der Waals surface area contributed by atoms with Crippen LogP contribution in [-0.2, 0) is 0 Å². The van der Waals surface area contributed by atoms with Gasteiger partial charge in [0.05, 0.1) is 0 Å². The van der Waals surface area contributed by atoms with E-state index in [-0.39, 0.29) is 16.4 Å². The summed E-state index contributed by atoms with van der Waals surface area (Å²) in [5.41, 5.74) is -0.128. The minimum Gasteiger partial charge on any atom is -0.476 e. The predicted octanol–water partition coefficient (Wildman–Crippen LogP) is 1.57. The van der Waals surface area contributed by atoms with Crippen LogP contribution < -0.4 is 4.90 Å². The third kappa shape index (κ3) is 2.99. The highest BCUT2D eigenvalue weighted by Gasteiger charge is 2.26. The highest BCUT2D eigenvalue weighted by atomic mass is 32.1. The number of hydrogen-bond acceptors (Lipinski definition) is 6. The number of hydrogen-bond donors (Lipinski definition) is 1. The third-order valence-electron chi connectivity index (χ3n) is 3.68. The number of aromatic carboxylic acids is 1. The van der Waals surface area contributed by atoms with E-state index >= 15 is 0 Å². The molecule has 2 heterocycles. The van der Waals surface area contributed by atoms with Gasteiger partial charge in [-0.15, -0.1) is 0 Å². The fraction of sp³-hybridized carbons (Fsp3) is 0.615. The maximum Gasteiger partial charge on any atom is 0.356 e. The van der Waals surface area contributed by atoms with Crippen LogP contribution in [0.25, 0.3) is 0 Å². The predicted molar refractivity (Wildman–Crippen MR) is 78.0 cm³/mol. The highest BCUT2D eigenvalue weighted by Crippen LogP contribution is 2.29. The Morgan fingerprint density at radius 3 is 2.45 bits per heavy atom. The molecule has 0 saturated carbocycles. The fourth-order valence-electron chi connectivity index (χ4n) is 2.38. The number of likely N-dealkylation sites (tertiary alicyclic amines) is 1. The van der Waals surface area contributed by atoms with Crippen LogP contribution in [0.15, 0.2) is 0 Å². The minimum absolute atomic E-state index is 0.128. The molecule has 1 aromatic heterocycles. The van der Waals surface area contributed by atoms with E-state index in [1.165, 1.54) is 18.3 Å². The number of carbonyl (C=O) groups is 2. The smallest absolute Gasteiger partial charge is 0.356 e. The average molecular weight is 297 g/mol. The zero-order valence-electron chi connectivity index (χ0n) is 11.9. The van der Waals surface area contributed by atoms with E-state index in [1.807, 2.05) is 11.9 Å². The van der Waals surface area contributed by atoms with Gasteiger partial charge < -0.3 is 14.9 Å². The van der Waals surface area contributed by atoms with Gasteiger partial charge in [0.25, 0.3) is 0 Å². The molecule has 0 unspecified atom stereocenters.